The third-order valence-electron chi connectivity index (χ3n) is 6.43. The second-order valence-electron chi connectivity index (χ2n) is 8.79. The zero-order valence-electron chi connectivity index (χ0n) is 18.2. The van der Waals surface area contributed by atoms with Gasteiger partial charge in [0, 0.05) is 17.6 Å². The average Bonchev–Trinajstić information content (AvgIpc) is 2.76. The van der Waals surface area contributed by atoms with Crippen LogP contribution >= 0.6 is 0 Å². The maximum absolute atomic E-state index is 12.5. The molecule has 1 fully saturated rings. The Morgan fingerprint density at radius 3 is 2.65 bits per heavy atom. The van der Waals surface area contributed by atoms with E-state index in [-0.39, 0.29) is 17.9 Å². The van der Waals surface area contributed by atoms with Crippen molar-refractivity contribution in [2.75, 3.05) is 25.5 Å². The quantitative estimate of drug-likeness (QED) is 0.641. The van der Waals surface area contributed by atoms with Gasteiger partial charge in [-0.3, -0.25) is 9.59 Å². The van der Waals surface area contributed by atoms with E-state index in [0.29, 0.717) is 16.5 Å². The molecule has 0 bridgehead atoms. The van der Waals surface area contributed by atoms with E-state index in [1.165, 1.54) is 31.5 Å². The summed E-state index contributed by atoms with van der Waals surface area (Å²) >= 11 is 0. The molecule has 0 saturated carbocycles. The third kappa shape index (κ3) is 5.20. The summed E-state index contributed by atoms with van der Waals surface area (Å²) < 4.78 is 0. The van der Waals surface area contributed by atoms with E-state index >= 15 is 0 Å². The van der Waals surface area contributed by atoms with Gasteiger partial charge in [-0.15, -0.1) is 0 Å². The van der Waals surface area contributed by atoms with Crippen LogP contribution in [0.25, 0.3) is 10.8 Å². The van der Waals surface area contributed by atoms with E-state index < -0.39 is 0 Å². The molecule has 0 spiro atoms. The number of nitrogens with one attached hydrogen (secondary N) is 2. The zero-order valence-corrected chi connectivity index (χ0v) is 18.2. The highest BCUT2D eigenvalue weighted by Gasteiger charge is 2.23. The van der Waals surface area contributed by atoms with E-state index in [4.69, 9.17) is 0 Å². The smallest absolute Gasteiger partial charge is 0.272 e. The number of aromatic amines is 1. The third-order valence-corrected chi connectivity index (χ3v) is 6.43. The fourth-order valence-corrected chi connectivity index (χ4v) is 4.60. The summed E-state index contributed by atoms with van der Waals surface area (Å²) in [5.41, 5.74) is 2.40. The van der Waals surface area contributed by atoms with Crippen LogP contribution in [0.5, 0.6) is 0 Å². The first-order valence-corrected chi connectivity index (χ1v) is 11.0. The SMILES string of the molecule is C[C@H]1CN(C)CC[C@@H]1CCc1ccc(NC(=O)Cc2n[nH]c(=O)c3ccccc23)cc1. The van der Waals surface area contributed by atoms with E-state index in [2.05, 4.69) is 46.5 Å². The lowest BCUT2D eigenvalue weighted by atomic mass is 9.83. The molecule has 1 aliphatic heterocycles. The molecule has 1 saturated heterocycles. The molecule has 6 heteroatoms. The lowest BCUT2D eigenvalue weighted by molar-refractivity contribution is -0.115. The van der Waals surface area contributed by atoms with Crippen molar-refractivity contribution < 1.29 is 4.79 Å². The number of carbonyl (C=O) groups excluding carboxylic acids is 1. The number of aryl methyl sites for hydroxylation is 1. The van der Waals surface area contributed by atoms with Crippen LogP contribution < -0.4 is 10.9 Å². The molecular formula is C25H30N4O2. The molecule has 6 nitrogen and oxygen atoms in total. The van der Waals surface area contributed by atoms with Gasteiger partial charge in [-0.05, 0) is 68.5 Å². The van der Waals surface area contributed by atoms with Crippen LogP contribution in [0, 0.1) is 11.8 Å². The van der Waals surface area contributed by atoms with Crippen molar-refractivity contribution in [1.82, 2.24) is 15.1 Å². The van der Waals surface area contributed by atoms with Crippen LogP contribution in [0.1, 0.15) is 31.0 Å². The summed E-state index contributed by atoms with van der Waals surface area (Å²) in [4.78, 5) is 26.9. The summed E-state index contributed by atoms with van der Waals surface area (Å²) in [6.45, 7) is 4.74. The Balaban J connectivity index is 1.33. The molecule has 31 heavy (non-hydrogen) atoms. The Morgan fingerprint density at radius 1 is 1.16 bits per heavy atom. The number of rotatable bonds is 6. The standard InChI is InChI=1S/C25H30N4O2/c1-17-16-29(2)14-13-19(17)10-7-18-8-11-20(12-9-18)26-24(30)15-23-21-5-3-4-6-22(21)25(31)28-27-23/h3-6,8-9,11-12,17,19H,7,10,13-16H2,1-2H3,(H,26,30)(H,28,31)/t17-,19-/m0/s1. The minimum absolute atomic E-state index is 0.104. The summed E-state index contributed by atoms with van der Waals surface area (Å²) in [5.74, 6) is 1.38. The highest BCUT2D eigenvalue weighted by molar-refractivity contribution is 5.95. The van der Waals surface area contributed by atoms with E-state index in [9.17, 15) is 9.59 Å². The van der Waals surface area contributed by atoms with Crippen LogP contribution in [0.15, 0.2) is 53.3 Å². The summed E-state index contributed by atoms with van der Waals surface area (Å²) in [6.07, 6.45) is 3.66. The van der Waals surface area contributed by atoms with Crippen molar-refractivity contribution in [3.63, 3.8) is 0 Å². The molecule has 3 aromatic rings. The number of fused-ring (bicyclic) bond motifs is 1. The largest absolute Gasteiger partial charge is 0.326 e. The number of amides is 1. The predicted molar refractivity (Wildman–Crippen MR) is 124 cm³/mol. The number of H-pyrrole nitrogens is 1. The van der Waals surface area contributed by atoms with Gasteiger partial charge in [0.1, 0.15) is 0 Å². The van der Waals surface area contributed by atoms with E-state index in [0.717, 1.165) is 23.9 Å². The number of carbonyl (C=O) groups is 1. The summed E-state index contributed by atoms with van der Waals surface area (Å²) in [5, 5.41) is 10.7. The number of nitrogens with zero attached hydrogens (tertiary/aromatic N) is 2. The first-order chi connectivity index (χ1) is 15.0. The van der Waals surface area contributed by atoms with Gasteiger partial charge in [0.25, 0.3) is 5.56 Å². The van der Waals surface area contributed by atoms with Crippen molar-refractivity contribution in [2.45, 2.75) is 32.6 Å². The number of hydrogen-bond donors (Lipinski definition) is 2. The number of benzene rings is 2. The van der Waals surface area contributed by atoms with Crippen molar-refractivity contribution >= 4 is 22.4 Å². The van der Waals surface area contributed by atoms with Gasteiger partial charge < -0.3 is 10.2 Å². The maximum atomic E-state index is 12.5. The van der Waals surface area contributed by atoms with Gasteiger partial charge in [0.05, 0.1) is 17.5 Å². The van der Waals surface area contributed by atoms with E-state index in [1.54, 1.807) is 12.1 Å². The molecule has 162 valence electrons. The van der Waals surface area contributed by atoms with Gasteiger partial charge in [-0.25, -0.2) is 5.10 Å². The molecule has 1 amide bonds. The fourth-order valence-electron chi connectivity index (χ4n) is 4.60. The van der Waals surface area contributed by atoms with Crippen LogP contribution in [-0.2, 0) is 17.6 Å². The second-order valence-corrected chi connectivity index (χ2v) is 8.79. The highest BCUT2D eigenvalue weighted by atomic mass is 16.1. The highest BCUT2D eigenvalue weighted by Crippen LogP contribution is 2.27. The van der Waals surface area contributed by atoms with Crippen molar-refractivity contribution in [3.8, 4) is 0 Å². The molecular weight excluding hydrogens is 388 g/mol. The van der Waals surface area contributed by atoms with Crippen LogP contribution in [-0.4, -0.2) is 41.1 Å². The number of aromatic nitrogens is 2. The minimum atomic E-state index is -0.245. The van der Waals surface area contributed by atoms with Gasteiger partial charge in [0.2, 0.25) is 5.91 Å². The molecule has 1 aliphatic rings. The molecule has 0 aliphatic carbocycles. The molecule has 2 heterocycles. The fraction of sp³-hybridized carbons (Fsp3) is 0.400. The molecule has 2 aromatic carbocycles. The zero-order chi connectivity index (χ0) is 21.8. The molecule has 2 N–H and O–H groups in total. The Hall–Kier alpha value is -2.99. The predicted octanol–water partition coefficient (Wildman–Crippen LogP) is 3.62. The van der Waals surface area contributed by atoms with Gasteiger partial charge in [-0.2, -0.15) is 5.10 Å². The molecule has 2 atom stereocenters. The Morgan fingerprint density at radius 2 is 1.90 bits per heavy atom. The number of anilines is 1. The first-order valence-electron chi connectivity index (χ1n) is 11.0. The maximum Gasteiger partial charge on any atom is 0.272 e. The lowest BCUT2D eigenvalue weighted by Gasteiger charge is -2.34. The summed E-state index contributed by atoms with van der Waals surface area (Å²) in [7, 11) is 2.20. The summed E-state index contributed by atoms with van der Waals surface area (Å²) in [6, 6.07) is 15.3. The van der Waals surface area contributed by atoms with Crippen LogP contribution in [0.4, 0.5) is 5.69 Å². The lowest BCUT2D eigenvalue weighted by Crippen LogP contribution is -2.36. The Labute approximate surface area is 182 Å². The van der Waals surface area contributed by atoms with Gasteiger partial charge >= 0.3 is 0 Å². The van der Waals surface area contributed by atoms with Gasteiger partial charge in [-0.1, -0.05) is 37.3 Å². The molecule has 0 radical (unpaired) electrons. The van der Waals surface area contributed by atoms with Crippen molar-refractivity contribution in [2.24, 2.45) is 11.8 Å². The normalized spacial score (nSPS) is 19.4. The number of hydrogen-bond acceptors (Lipinski definition) is 4. The Kier molecular flexibility index (Phi) is 6.47. The number of piperidine rings is 1. The second kappa shape index (κ2) is 9.43. The average molecular weight is 419 g/mol. The van der Waals surface area contributed by atoms with E-state index in [1.807, 2.05) is 24.3 Å². The minimum Gasteiger partial charge on any atom is -0.326 e. The van der Waals surface area contributed by atoms with Crippen LogP contribution in [0.3, 0.4) is 0 Å². The van der Waals surface area contributed by atoms with Crippen LogP contribution in [0.2, 0.25) is 0 Å². The topological polar surface area (TPSA) is 78.1 Å². The molecule has 0 unspecified atom stereocenters. The first kappa shape index (κ1) is 21.2. The monoisotopic (exact) mass is 418 g/mol. The van der Waals surface area contributed by atoms with Crippen molar-refractivity contribution in [3.05, 3.63) is 70.1 Å². The Bertz CT molecular complexity index is 1110. The van der Waals surface area contributed by atoms with Crippen molar-refractivity contribution in [1.29, 1.82) is 0 Å². The molecule has 4 rings (SSSR count). The molecule has 1 aromatic heterocycles. The number of likely N-dealkylation sites (tertiary alicyclic amines) is 1. The van der Waals surface area contributed by atoms with Gasteiger partial charge in [0.15, 0.2) is 0 Å².